The van der Waals surface area contributed by atoms with Crippen LogP contribution in [0.25, 0.3) is 0 Å². The van der Waals surface area contributed by atoms with Crippen LogP contribution in [0.3, 0.4) is 0 Å². The van der Waals surface area contributed by atoms with Crippen molar-refractivity contribution in [1.29, 1.82) is 0 Å². The van der Waals surface area contributed by atoms with Crippen molar-refractivity contribution in [3.8, 4) is 0 Å². The van der Waals surface area contributed by atoms with Gasteiger partial charge in [0, 0.05) is 56.9 Å². The average Bonchev–Trinajstić information content (AvgIpc) is 3.16. The molecule has 112 valence electrons. The molecule has 0 bridgehead atoms. The number of carbonyl (C=O) groups is 1. The number of piperazine rings is 1. The zero-order valence-corrected chi connectivity index (χ0v) is 12.9. The number of nitrogens with zero attached hydrogens (tertiary/aromatic N) is 5. The van der Waals surface area contributed by atoms with E-state index in [0.717, 1.165) is 37.0 Å². The Morgan fingerprint density at radius 1 is 1.33 bits per heavy atom. The van der Waals surface area contributed by atoms with Gasteiger partial charge in [0.15, 0.2) is 5.13 Å². The maximum Gasteiger partial charge on any atom is 0.224 e. The lowest BCUT2D eigenvalue weighted by molar-refractivity contribution is -0.131. The first-order valence-electron chi connectivity index (χ1n) is 7.14. The summed E-state index contributed by atoms with van der Waals surface area (Å²) >= 11 is 1.67. The Labute approximate surface area is 128 Å². The summed E-state index contributed by atoms with van der Waals surface area (Å²) in [4.78, 5) is 20.9. The normalized spacial score (nSPS) is 15.5. The van der Waals surface area contributed by atoms with Crippen molar-refractivity contribution in [2.75, 3.05) is 31.1 Å². The Kier molecular flexibility index (Phi) is 4.19. The van der Waals surface area contributed by atoms with E-state index in [2.05, 4.69) is 20.4 Å². The van der Waals surface area contributed by atoms with E-state index >= 15 is 0 Å². The molecule has 0 aliphatic carbocycles. The first kappa shape index (κ1) is 14.1. The number of aryl methyl sites for hydroxylation is 2. The van der Waals surface area contributed by atoms with E-state index < -0.39 is 0 Å². The SMILES string of the molecule is Cc1csc(N2CCN(C(=O)CCn3cccn3)CC2)n1. The van der Waals surface area contributed by atoms with Crippen LogP contribution < -0.4 is 4.90 Å². The van der Waals surface area contributed by atoms with Gasteiger partial charge in [0.05, 0.1) is 5.69 Å². The largest absolute Gasteiger partial charge is 0.345 e. The molecule has 0 N–H and O–H groups in total. The molecule has 0 unspecified atom stereocenters. The molecule has 0 radical (unpaired) electrons. The van der Waals surface area contributed by atoms with Crippen LogP contribution in [0.1, 0.15) is 12.1 Å². The van der Waals surface area contributed by atoms with E-state index in [0.29, 0.717) is 13.0 Å². The maximum atomic E-state index is 12.2. The van der Waals surface area contributed by atoms with Crippen LogP contribution in [-0.2, 0) is 11.3 Å². The van der Waals surface area contributed by atoms with Gasteiger partial charge in [0.1, 0.15) is 0 Å². The van der Waals surface area contributed by atoms with Crippen molar-refractivity contribution in [1.82, 2.24) is 19.7 Å². The predicted molar refractivity (Wildman–Crippen MR) is 82.5 cm³/mol. The number of rotatable bonds is 4. The van der Waals surface area contributed by atoms with Gasteiger partial charge in [-0.1, -0.05) is 0 Å². The highest BCUT2D eigenvalue weighted by molar-refractivity contribution is 7.13. The lowest BCUT2D eigenvalue weighted by Crippen LogP contribution is -2.49. The zero-order chi connectivity index (χ0) is 14.7. The third-order valence-electron chi connectivity index (χ3n) is 3.62. The summed E-state index contributed by atoms with van der Waals surface area (Å²) in [6.45, 7) is 5.93. The zero-order valence-electron chi connectivity index (χ0n) is 12.1. The average molecular weight is 305 g/mol. The van der Waals surface area contributed by atoms with Gasteiger partial charge in [-0.2, -0.15) is 5.10 Å². The summed E-state index contributed by atoms with van der Waals surface area (Å²) in [6, 6.07) is 1.87. The molecular weight excluding hydrogens is 286 g/mol. The second kappa shape index (κ2) is 6.26. The minimum absolute atomic E-state index is 0.209. The van der Waals surface area contributed by atoms with Crippen LogP contribution in [0.5, 0.6) is 0 Å². The van der Waals surface area contributed by atoms with Crippen LogP contribution in [0.15, 0.2) is 23.8 Å². The van der Waals surface area contributed by atoms with Gasteiger partial charge in [-0.3, -0.25) is 9.48 Å². The Bertz CT molecular complexity index is 586. The van der Waals surface area contributed by atoms with Crippen LogP contribution in [0.4, 0.5) is 5.13 Å². The summed E-state index contributed by atoms with van der Waals surface area (Å²) in [7, 11) is 0. The number of anilines is 1. The molecule has 0 aromatic carbocycles. The highest BCUT2D eigenvalue weighted by atomic mass is 32.1. The molecule has 7 heteroatoms. The topological polar surface area (TPSA) is 54.3 Å². The first-order valence-corrected chi connectivity index (χ1v) is 8.02. The molecule has 21 heavy (non-hydrogen) atoms. The molecule has 1 aliphatic rings. The van der Waals surface area contributed by atoms with Crippen LogP contribution >= 0.6 is 11.3 Å². The molecule has 1 amide bonds. The highest BCUT2D eigenvalue weighted by Gasteiger charge is 2.22. The number of aromatic nitrogens is 3. The lowest BCUT2D eigenvalue weighted by atomic mass is 10.3. The van der Waals surface area contributed by atoms with Crippen LogP contribution in [-0.4, -0.2) is 51.8 Å². The highest BCUT2D eigenvalue weighted by Crippen LogP contribution is 2.21. The van der Waals surface area contributed by atoms with Gasteiger partial charge in [-0.05, 0) is 13.0 Å². The minimum atomic E-state index is 0.209. The van der Waals surface area contributed by atoms with E-state index in [1.807, 2.05) is 24.1 Å². The summed E-state index contributed by atoms with van der Waals surface area (Å²) < 4.78 is 1.80. The molecule has 2 aromatic heterocycles. The van der Waals surface area contributed by atoms with E-state index in [1.165, 1.54) is 0 Å². The van der Waals surface area contributed by atoms with Crippen molar-refractivity contribution >= 4 is 22.4 Å². The second-order valence-corrected chi connectivity index (χ2v) is 5.99. The van der Waals surface area contributed by atoms with E-state index in [4.69, 9.17) is 0 Å². The molecule has 1 aliphatic heterocycles. The fourth-order valence-electron chi connectivity index (χ4n) is 2.43. The molecule has 2 aromatic rings. The number of carbonyl (C=O) groups excluding carboxylic acids is 1. The quantitative estimate of drug-likeness (QED) is 0.856. The maximum absolute atomic E-state index is 12.2. The third kappa shape index (κ3) is 3.41. The minimum Gasteiger partial charge on any atom is -0.345 e. The standard InChI is InChI=1S/C14H19N5OS/c1-12-11-21-14(16-12)18-9-7-17(8-10-18)13(20)3-6-19-5-2-4-15-19/h2,4-5,11H,3,6-10H2,1H3. The van der Waals surface area contributed by atoms with E-state index in [-0.39, 0.29) is 5.91 Å². The summed E-state index contributed by atoms with van der Waals surface area (Å²) in [5.74, 6) is 0.209. The fraction of sp³-hybridized carbons (Fsp3) is 0.500. The van der Waals surface area contributed by atoms with Crippen molar-refractivity contribution in [3.63, 3.8) is 0 Å². The van der Waals surface area contributed by atoms with E-state index in [9.17, 15) is 4.79 Å². The van der Waals surface area contributed by atoms with Gasteiger partial charge in [-0.15, -0.1) is 11.3 Å². The fourth-order valence-corrected chi connectivity index (χ4v) is 3.29. The van der Waals surface area contributed by atoms with Gasteiger partial charge in [0.2, 0.25) is 5.91 Å². The molecule has 3 heterocycles. The van der Waals surface area contributed by atoms with Crippen molar-refractivity contribution < 1.29 is 4.79 Å². The molecule has 1 saturated heterocycles. The smallest absolute Gasteiger partial charge is 0.224 e. The molecule has 0 spiro atoms. The second-order valence-electron chi connectivity index (χ2n) is 5.16. The molecular formula is C14H19N5OS. The number of amides is 1. The Morgan fingerprint density at radius 3 is 2.76 bits per heavy atom. The van der Waals surface area contributed by atoms with Crippen molar-refractivity contribution in [2.24, 2.45) is 0 Å². The monoisotopic (exact) mass is 305 g/mol. The van der Waals surface area contributed by atoms with Gasteiger partial charge in [0.25, 0.3) is 0 Å². The lowest BCUT2D eigenvalue weighted by Gasteiger charge is -2.34. The number of thiazole rings is 1. The van der Waals surface area contributed by atoms with Gasteiger partial charge < -0.3 is 9.80 Å². The molecule has 1 fully saturated rings. The Morgan fingerprint density at radius 2 is 2.14 bits per heavy atom. The molecule has 6 nitrogen and oxygen atoms in total. The van der Waals surface area contributed by atoms with Crippen molar-refractivity contribution in [3.05, 3.63) is 29.5 Å². The van der Waals surface area contributed by atoms with Crippen LogP contribution in [0.2, 0.25) is 0 Å². The molecule has 0 saturated carbocycles. The summed E-state index contributed by atoms with van der Waals surface area (Å²) in [6.07, 6.45) is 4.13. The van der Waals surface area contributed by atoms with E-state index in [1.54, 1.807) is 22.2 Å². The summed E-state index contributed by atoms with van der Waals surface area (Å²) in [5.41, 5.74) is 1.06. The molecule has 0 atom stereocenters. The first-order chi connectivity index (χ1) is 10.2. The number of hydrogen-bond donors (Lipinski definition) is 0. The van der Waals surface area contributed by atoms with Gasteiger partial charge in [-0.25, -0.2) is 4.98 Å². The van der Waals surface area contributed by atoms with Crippen molar-refractivity contribution in [2.45, 2.75) is 19.9 Å². The van der Waals surface area contributed by atoms with Gasteiger partial charge >= 0.3 is 0 Å². The number of hydrogen-bond acceptors (Lipinski definition) is 5. The molecule has 3 rings (SSSR count). The predicted octanol–water partition coefficient (Wildman–Crippen LogP) is 1.39. The third-order valence-corrected chi connectivity index (χ3v) is 4.64. The Balaban J connectivity index is 1.47. The summed E-state index contributed by atoms with van der Waals surface area (Å²) in [5, 5.41) is 7.25. The van der Waals surface area contributed by atoms with Crippen LogP contribution in [0, 0.1) is 6.92 Å². The Hall–Kier alpha value is -1.89.